The van der Waals surface area contributed by atoms with Crippen LogP contribution in [0.2, 0.25) is 5.02 Å². The van der Waals surface area contributed by atoms with Gasteiger partial charge in [-0.05, 0) is 31.0 Å². The number of carbonyl (C=O) groups is 1. The zero-order valence-corrected chi connectivity index (χ0v) is 12.5. The van der Waals surface area contributed by atoms with Gasteiger partial charge in [-0.25, -0.2) is 4.79 Å². The molecule has 2 amide bonds. The summed E-state index contributed by atoms with van der Waals surface area (Å²) >= 11 is 5.81. The molecule has 1 aliphatic carbocycles. The minimum atomic E-state index is -2.97. The van der Waals surface area contributed by atoms with Crippen LogP contribution >= 0.6 is 11.6 Å². The predicted octanol–water partition coefficient (Wildman–Crippen LogP) is 3.37. The van der Waals surface area contributed by atoms with Crippen LogP contribution in [0.4, 0.5) is 19.3 Å². The fraction of sp³-hybridized carbons (Fsp3) is 0.500. The molecule has 0 bridgehead atoms. The van der Waals surface area contributed by atoms with Gasteiger partial charge in [-0.2, -0.15) is 8.78 Å². The molecular weight excluding hydrogens is 318 g/mol. The van der Waals surface area contributed by atoms with Gasteiger partial charge in [0.2, 0.25) is 0 Å². The molecule has 0 spiro atoms. The van der Waals surface area contributed by atoms with Crippen molar-refractivity contribution in [1.29, 1.82) is 0 Å². The lowest BCUT2D eigenvalue weighted by Gasteiger charge is -2.28. The Morgan fingerprint density at radius 3 is 2.64 bits per heavy atom. The molecule has 0 heterocycles. The molecule has 5 nitrogen and oxygen atoms in total. The lowest BCUT2D eigenvalue weighted by atomic mass is 9.99. The van der Waals surface area contributed by atoms with Crippen molar-refractivity contribution in [3.8, 4) is 5.75 Å². The first-order valence-electron chi connectivity index (χ1n) is 6.88. The quantitative estimate of drug-likeness (QED) is 0.773. The van der Waals surface area contributed by atoms with E-state index in [1.54, 1.807) is 0 Å². The van der Waals surface area contributed by atoms with Crippen LogP contribution in [0.25, 0.3) is 0 Å². The van der Waals surface area contributed by atoms with Gasteiger partial charge in [0.1, 0.15) is 5.75 Å². The summed E-state index contributed by atoms with van der Waals surface area (Å²) in [5.74, 6) is -0.162. The largest absolute Gasteiger partial charge is 0.433 e. The molecule has 122 valence electrons. The van der Waals surface area contributed by atoms with E-state index >= 15 is 0 Å². The van der Waals surface area contributed by atoms with E-state index in [1.165, 1.54) is 18.2 Å². The van der Waals surface area contributed by atoms with Crippen LogP contribution in [-0.4, -0.2) is 29.9 Å². The van der Waals surface area contributed by atoms with E-state index in [0.29, 0.717) is 5.69 Å². The Bertz CT molecular complexity index is 537. The maximum atomic E-state index is 12.1. The fourth-order valence-electron chi connectivity index (χ4n) is 2.55. The van der Waals surface area contributed by atoms with Crippen molar-refractivity contribution in [2.24, 2.45) is 0 Å². The van der Waals surface area contributed by atoms with Gasteiger partial charge >= 0.3 is 12.6 Å². The van der Waals surface area contributed by atoms with Crippen molar-refractivity contribution >= 4 is 23.3 Å². The summed E-state index contributed by atoms with van der Waals surface area (Å²) in [5.41, 5.74) is -0.248. The van der Waals surface area contributed by atoms with Gasteiger partial charge in [-0.3, -0.25) is 0 Å². The molecule has 1 aromatic rings. The van der Waals surface area contributed by atoms with E-state index < -0.39 is 18.2 Å². The third-order valence-electron chi connectivity index (χ3n) is 3.65. The summed E-state index contributed by atoms with van der Waals surface area (Å²) < 4.78 is 28.5. The molecule has 8 heteroatoms. The van der Waals surface area contributed by atoms with Gasteiger partial charge in [-0.1, -0.05) is 24.4 Å². The normalized spacial score (nSPS) is 16.6. The van der Waals surface area contributed by atoms with Crippen molar-refractivity contribution in [3.05, 3.63) is 23.2 Å². The number of urea groups is 1. The van der Waals surface area contributed by atoms with Gasteiger partial charge < -0.3 is 20.5 Å². The number of alkyl halides is 2. The Kier molecular flexibility index (Phi) is 5.42. The second-order valence-corrected chi connectivity index (χ2v) is 5.66. The van der Waals surface area contributed by atoms with Crippen LogP contribution in [0.15, 0.2) is 18.2 Å². The maximum absolute atomic E-state index is 12.1. The molecule has 1 saturated carbocycles. The fourth-order valence-corrected chi connectivity index (χ4v) is 2.77. The van der Waals surface area contributed by atoms with Gasteiger partial charge in [0.15, 0.2) is 0 Å². The van der Waals surface area contributed by atoms with Gasteiger partial charge in [0.05, 0.1) is 17.2 Å². The van der Waals surface area contributed by atoms with Gasteiger partial charge in [0, 0.05) is 5.69 Å². The summed E-state index contributed by atoms with van der Waals surface area (Å²) in [4.78, 5) is 12.0. The lowest BCUT2D eigenvalue weighted by Crippen LogP contribution is -2.50. The van der Waals surface area contributed by atoms with Crippen LogP contribution in [0.1, 0.15) is 25.7 Å². The Hall–Kier alpha value is -1.60. The Morgan fingerprint density at radius 1 is 1.41 bits per heavy atom. The standard InChI is InChI=1S/C14H17ClF2N2O3/c15-10-7-9(3-4-11(10)22-12(16)17)18-13(21)19-14(8-20)5-1-2-6-14/h3-4,7,12,20H,1-2,5-6,8H2,(H2,18,19,21). The molecule has 22 heavy (non-hydrogen) atoms. The third kappa shape index (κ3) is 4.20. The molecule has 2 rings (SSSR count). The average Bonchev–Trinajstić information content (AvgIpc) is 2.90. The molecule has 1 aliphatic rings. The second kappa shape index (κ2) is 7.11. The van der Waals surface area contributed by atoms with Crippen LogP contribution in [-0.2, 0) is 0 Å². The molecule has 1 fully saturated rings. The Labute approximate surface area is 131 Å². The minimum Gasteiger partial charge on any atom is -0.433 e. The molecule has 0 unspecified atom stereocenters. The zero-order valence-electron chi connectivity index (χ0n) is 11.7. The number of ether oxygens (including phenoxy) is 1. The van der Waals surface area contributed by atoms with Crippen molar-refractivity contribution < 1.29 is 23.4 Å². The number of anilines is 1. The predicted molar refractivity (Wildman–Crippen MR) is 78.5 cm³/mol. The first kappa shape index (κ1) is 16.8. The monoisotopic (exact) mass is 334 g/mol. The summed E-state index contributed by atoms with van der Waals surface area (Å²) in [6.07, 6.45) is 3.34. The summed E-state index contributed by atoms with van der Waals surface area (Å²) in [6, 6.07) is 3.50. The number of hydrogen-bond donors (Lipinski definition) is 3. The number of nitrogens with one attached hydrogen (secondary N) is 2. The highest BCUT2D eigenvalue weighted by molar-refractivity contribution is 6.32. The smallest absolute Gasteiger partial charge is 0.387 e. The van der Waals surface area contributed by atoms with Crippen molar-refractivity contribution in [2.45, 2.75) is 37.8 Å². The van der Waals surface area contributed by atoms with Crippen molar-refractivity contribution in [2.75, 3.05) is 11.9 Å². The van der Waals surface area contributed by atoms with E-state index in [-0.39, 0.29) is 17.4 Å². The number of carbonyl (C=O) groups excluding carboxylic acids is 1. The van der Waals surface area contributed by atoms with E-state index in [0.717, 1.165) is 25.7 Å². The summed E-state index contributed by atoms with van der Waals surface area (Å²) in [5, 5.41) is 14.7. The molecule has 1 aromatic carbocycles. The van der Waals surface area contributed by atoms with E-state index in [2.05, 4.69) is 15.4 Å². The van der Waals surface area contributed by atoms with E-state index in [4.69, 9.17) is 11.6 Å². The topological polar surface area (TPSA) is 70.6 Å². The Balaban J connectivity index is 1.98. The SMILES string of the molecule is O=C(Nc1ccc(OC(F)F)c(Cl)c1)NC1(CO)CCCC1. The first-order chi connectivity index (χ1) is 10.4. The molecule has 3 N–H and O–H groups in total. The lowest BCUT2D eigenvalue weighted by molar-refractivity contribution is -0.0497. The molecule has 0 atom stereocenters. The second-order valence-electron chi connectivity index (χ2n) is 5.25. The van der Waals surface area contributed by atoms with Crippen LogP contribution in [0, 0.1) is 0 Å². The van der Waals surface area contributed by atoms with Gasteiger partial charge in [-0.15, -0.1) is 0 Å². The van der Waals surface area contributed by atoms with Crippen LogP contribution in [0.3, 0.4) is 0 Å². The van der Waals surface area contributed by atoms with Crippen molar-refractivity contribution in [3.63, 3.8) is 0 Å². The Morgan fingerprint density at radius 2 is 2.09 bits per heavy atom. The molecule has 0 saturated heterocycles. The number of benzene rings is 1. The molecule has 0 aromatic heterocycles. The first-order valence-corrected chi connectivity index (χ1v) is 7.26. The highest BCUT2D eigenvalue weighted by atomic mass is 35.5. The molecule has 0 aliphatic heterocycles. The summed E-state index contributed by atoms with van der Waals surface area (Å²) in [7, 11) is 0. The van der Waals surface area contributed by atoms with Gasteiger partial charge in [0.25, 0.3) is 0 Å². The summed E-state index contributed by atoms with van der Waals surface area (Å²) in [6.45, 7) is -3.09. The van der Waals surface area contributed by atoms with Crippen LogP contribution in [0.5, 0.6) is 5.75 Å². The number of halogens is 3. The third-order valence-corrected chi connectivity index (χ3v) is 3.94. The van der Waals surface area contributed by atoms with E-state index in [1.807, 2.05) is 0 Å². The number of rotatable bonds is 5. The highest BCUT2D eigenvalue weighted by Crippen LogP contribution is 2.30. The minimum absolute atomic E-state index is 0.0316. The maximum Gasteiger partial charge on any atom is 0.387 e. The number of hydrogen-bond acceptors (Lipinski definition) is 3. The highest BCUT2D eigenvalue weighted by Gasteiger charge is 2.34. The number of amides is 2. The van der Waals surface area contributed by atoms with Crippen molar-refractivity contribution in [1.82, 2.24) is 5.32 Å². The number of aliphatic hydroxyl groups excluding tert-OH is 1. The number of aliphatic hydroxyl groups is 1. The zero-order chi connectivity index (χ0) is 16.2. The molecular formula is C14H17ClF2N2O3. The average molecular weight is 335 g/mol. The van der Waals surface area contributed by atoms with E-state index in [9.17, 15) is 18.7 Å². The van der Waals surface area contributed by atoms with Crippen LogP contribution < -0.4 is 15.4 Å². The molecule has 0 radical (unpaired) electrons.